The summed E-state index contributed by atoms with van der Waals surface area (Å²) in [5.41, 5.74) is 0. The zero-order chi connectivity index (χ0) is 13.4. The van der Waals surface area contributed by atoms with Crippen LogP contribution in [0.25, 0.3) is 0 Å². The van der Waals surface area contributed by atoms with E-state index in [1.807, 2.05) is 0 Å². The van der Waals surface area contributed by atoms with Gasteiger partial charge in [0.1, 0.15) is 12.2 Å². The summed E-state index contributed by atoms with van der Waals surface area (Å²) in [6, 6.07) is 0. The minimum absolute atomic E-state index is 0.0965. The molecular formula is C14H20O4. The first-order valence-corrected chi connectivity index (χ1v) is 6.31. The zero-order valence-corrected chi connectivity index (χ0v) is 10.6. The third-order valence-electron chi connectivity index (χ3n) is 3.01. The van der Waals surface area contributed by atoms with Crippen molar-refractivity contribution in [3.8, 4) is 0 Å². The van der Waals surface area contributed by atoms with Gasteiger partial charge in [-0.2, -0.15) is 0 Å². The lowest BCUT2D eigenvalue weighted by Gasteiger charge is -2.24. The number of hydrogen-bond donors (Lipinski definition) is 0. The molecule has 0 amide bonds. The number of carbonyl (C=O) groups excluding carboxylic acids is 2. The number of esters is 2. The van der Waals surface area contributed by atoms with E-state index in [4.69, 9.17) is 9.47 Å². The normalized spacial score (nSPS) is 24.2. The Kier molecular flexibility index (Phi) is 6.19. The van der Waals surface area contributed by atoms with E-state index < -0.39 is 0 Å². The minimum atomic E-state index is -0.389. The monoisotopic (exact) mass is 252 g/mol. The van der Waals surface area contributed by atoms with E-state index in [1.165, 1.54) is 12.2 Å². The molecular weight excluding hydrogens is 232 g/mol. The second-order valence-corrected chi connectivity index (χ2v) is 4.39. The predicted molar refractivity (Wildman–Crippen MR) is 67.9 cm³/mol. The third-order valence-corrected chi connectivity index (χ3v) is 3.01. The molecule has 0 saturated heterocycles. The lowest BCUT2D eigenvalue weighted by atomic mass is 9.96. The van der Waals surface area contributed by atoms with Crippen molar-refractivity contribution in [3.05, 3.63) is 25.3 Å². The van der Waals surface area contributed by atoms with E-state index >= 15 is 0 Å². The molecule has 0 aliphatic heterocycles. The van der Waals surface area contributed by atoms with Crippen molar-refractivity contribution in [2.45, 2.75) is 50.7 Å². The van der Waals surface area contributed by atoms with Crippen LogP contribution in [-0.2, 0) is 19.1 Å². The average Bonchev–Trinajstić information content (AvgIpc) is 2.36. The Bertz CT molecular complexity index is 290. The Labute approximate surface area is 108 Å². The molecule has 1 aliphatic rings. The molecule has 18 heavy (non-hydrogen) atoms. The van der Waals surface area contributed by atoms with Gasteiger partial charge in [-0.05, 0) is 38.5 Å². The Morgan fingerprint density at radius 1 is 0.833 bits per heavy atom. The van der Waals surface area contributed by atoms with Gasteiger partial charge in [-0.15, -0.1) is 0 Å². The Morgan fingerprint density at radius 3 is 1.56 bits per heavy atom. The summed E-state index contributed by atoms with van der Waals surface area (Å²) in [4.78, 5) is 22.3. The number of ether oxygens (including phenoxy) is 2. The van der Waals surface area contributed by atoms with Crippen LogP contribution < -0.4 is 0 Å². The highest BCUT2D eigenvalue weighted by Gasteiger charge is 2.21. The van der Waals surface area contributed by atoms with Gasteiger partial charge in [-0.1, -0.05) is 13.2 Å². The molecule has 2 atom stereocenters. The Morgan fingerprint density at radius 2 is 1.22 bits per heavy atom. The molecule has 0 aromatic carbocycles. The van der Waals surface area contributed by atoms with Crippen LogP contribution in [0.2, 0.25) is 0 Å². The summed E-state index contributed by atoms with van der Waals surface area (Å²) in [5, 5.41) is 0. The summed E-state index contributed by atoms with van der Waals surface area (Å²) >= 11 is 0. The standard InChI is InChI=1S/C14H20O4/c1-3-13(15)17-11-7-5-6-8-12(10-9-11)18-14(16)4-2/h3-4,11-12H,1-2,5-10H2. The molecule has 4 nitrogen and oxygen atoms in total. The van der Waals surface area contributed by atoms with Crippen molar-refractivity contribution in [1.29, 1.82) is 0 Å². The van der Waals surface area contributed by atoms with Crippen molar-refractivity contribution in [1.82, 2.24) is 0 Å². The number of carbonyl (C=O) groups is 2. The van der Waals surface area contributed by atoms with Gasteiger partial charge < -0.3 is 9.47 Å². The van der Waals surface area contributed by atoms with Crippen molar-refractivity contribution >= 4 is 11.9 Å². The SMILES string of the molecule is C=CC(=O)OC1CCCCC(OC(=O)C=C)CC1. The fourth-order valence-electron chi connectivity index (χ4n) is 2.06. The van der Waals surface area contributed by atoms with Gasteiger partial charge in [0.2, 0.25) is 0 Å². The van der Waals surface area contributed by atoms with Gasteiger partial charge in [0.15, 0.2) is 0 Å². The first-order chi connectivity index (χ1) is 8.65. The Balaban J connectivity index is 2.44. The lowest BCUT2D eigenvalue weighted by molar-refractivity contribution is -0.148. The topological polar surface area (TPSA) is 52.6 Å². The zero-order valence-electron chi connectivity index (χ0n) is 10.6. The maximum absolute atomic E-state index is 11.1. The molecule has 1 aliphatic carbocycles. The molecule has 0 N–H and O–H groups in total. The minimum Gasteiger partial charge on any atom is -0.459 e. The van der Waals surface area contributed by atoms with E-state index in [1.54, 1.807) is 0 Å². The van der Waals surface area contributed by atoms with E-state index in [0.29, 0.717) is 12.8 Å². The van der Waals surface area contributed by atoms with Crippen molar-refractivity contribution in [3.63, 3.8) is 0 Å². The quantitative estimate of drug-likeness (QED) is 0.570. The van der Waals surface area contributed by atoms with Crippen LogP contribution >= 0.6 is 0 Å². The third kappa shape index (κ3) is 5.17. The van der Waals surface area contributed by atoms with E-state index in [0.717, 1.165) is 25.7 Å². The number of rotatable bonds is 4. The van der Waals surface area contributed by atoms with Gasteiger partial charge in [0.25, 0.3) is 0 Å². The molecule has 0 heterocycles. The average molecular weight is 252 g/mol. The van der Waals surface area contributed by atoms with Gasteiger partial charge >= 0.3 is 11.9 Å². The molecule has 2 unspecified atom stereocenters. The van der Waals surface area contributed by atoms with Crippen LogP contribution in [0.4, 0.5) is 0 Å². The van der Waals surface area contributed by atoms with Crippen molar-refractivity contribution < 1.29 is 19.1 Å². The van der Waals surface area contributed by atoms with E-state index in [2.05, 4.69) is 13.2 Å². The summed E-state index contributed by atoms with van der Waals surface area (Å²) in [6.07, 6.45) is 7.25. The van der Waals surface area contributed by atoms with Crippen LogP contribution in [0.15, 0.2) is 25.3 Å². The van der Waals surface area contributed by atoms with E-state index in [-0.39, 0.29) is 24.1 Å². The molecule has 1 saturated carbocycles. The maximum Gasteiger partial charge on any atom is 0.330 e. The first-order valence-electron chi connectivity index (χ1n) is 6.31. The summed E-state index contributed by atoms with van der Waals surface area (Å²) in [5.74, 6) is -0.777. The second kappa shape index (κ2) is 7.69. The second-order valence-electron chi connectivity index (χ2n) is 4.39. The summed E-state index contributed by atoms with van der Waals surface area (Å²) in [6.45, 7) is 6.76. The molecule has 1 fully saturated rings. The van der Waals surface area contributed by atoms with Gasteiger partial charge in [0.05, 0.1) is 0 Å². The van der Waals surface area contributed by atoms with Crippen LogP contribution in [0.5, 0.6) is 0 Å². The molecule has 0 bridgehead atoms. The highest BCUT2D eigenvalue weighted by atomic mass is 16.5. The summed E-state index contributed by atoms with van der Waals surface area (Å²) < 4.78 is 10.5. The van der Waals surface area contributed by atoms with Crippen molar-refractivity contribution in [2.75, 3.05) is 0 Å². The lowest BCUT2D eigenvalue weighted by Crippen LogP contribution is -2.24. The van der Waals surface area contributed by atoms with E-state index in [9.17, 15) is 9.59 Å². The molecule has 0 spiro atoms. The molecule has 1 rings (SSSR count). The molecule has 0 radical (unpaired) electrons. The molecule has 0 aromatic rings. The Hall–Kier alpha value is -1.58. The predicted octanol–water partition coefficient (Wildman–Crippen LogP) is 2.54. The largest absolute Gasteiger partial charge is 0.459 e. The highest BCUT2D eigenvalue weighted by molar-refractivity contribution is 5.81. The van der Waals surface area contributed by atoms with Crippen LogP contribution in [0, 0.1) is 0 Å². The fraction of sp³-hybridized carbons (Fsp3) is 0.571. The summed E-state index contributed by atoms with van der Waals surface area (Å²) in [7, 11) is 0. The van der Waals surface area contributed by atoms with Gasteiger partial charge in [0, 0.05) is 12.2 Å². The van der Waals surface area contributed by atoms with Gasteiger partial charge in [-0.3, -0.25) is 0 Å². The smallest absolute Gasteiger partial charge is 0.330 e. The maximum atomic E-state index is 11.1. The molecule has 0 aromatic heterocycles. The first kappa shape index (κ1) is 14.5. The van der Waals surface area contributed by atoms with Crippen LogP contribution in [0.3, 0.4) is 0 Å². The molecule has 100 valence electrons. The van der Waals surface area contributed by atoms with Crippen LogP contribution in [0.1, 0.15) is 38.5 Å². The van der Waals surface area contributed by atoms with Crippen LogP contribution in [-0.4, -0.2) is 24.1 Å². The number of hydrogen-bond acceptors (Lipinski definition) is 4. The fourth-order valence-corrected chi connectivity index (χ4v) is 2.06. The molecule has 4 heteroatoms. The highest BCUT2D eigenvalue weighted by Crippen LogP contribution is 2.22. The van der Waals surface area contributed by atoms with Crippen molar-refractivity contribution in [2.24, 2.45) is 0 Å². The van der Waals surface area contributed by atoms with Gasteiger partial charge in [-0.25, -0.2) is 9.59 Å².